The highest BCUT2D eigenvalue weighted by Crippen LogP contribution is 2.35. The molecule has 2 atom stereocenters. The number of rotatable bonds is 5. The van der Waals surface area contributed by atoms with Crippen LogP contribution >= 0.6 is 0 Å². The summed E-state index contributed by atoms with van der Waals surface area (Å²) < 4.78 is 2.10. The summed E-state index contributed by atoms with van der Waals surface area (Å²) in [5.74, 6) is 1.95. The summed E-state index contributed by atoms with van der Waals surface area (Å²) in [4.78, 5) is 6.88. The van der Waals surface area contributed by atoms with Crippen molar-refractivity contribution in [2.45, 2.75) is 44.6 Å². The van der Waals surface area contributed by atoms with Gasteiger partial charge in [0.05, 0.1) is 0 Å². The van der Waals surface area contributed by atoms with E-state index in [0.717, 1.165) is 31.3 Å². The largest absolute Gasteiger partial charge is 0.338 e. The fourth-order valence-electron chi connectivity index (χ4n) is 3.46. The second kappa shape index (κ2) is 6.06. The molecule has 108 valence electrons. The van der Waals surface area contributed by atoms with E-state index in [9.17, 15) is 0 Å². The van der Waals surface area contributed by atoms with Gasteiger partial charge in [-0.2, -0.15) is 0 Å². The van der Waals surface area contributed by atoms with Gasteiger partial charge in [-0.05, 0) is 25.8 Å². The summed E-state index contributed by atoms with van der Waals surface area (Å²) in [7, 11) is 4.29. The number of hydrogen-bond acceptors (Lipinski definition) is 3. The number of nitrogens with zero attached hydrogens (tertiary/aromatic N) is 3. The van der Waals surface area contributed by atoms with Gasteiger partial charge in [-0.3, -0.25) is 4.90 Å². The first-order valence-corrected chi connectivity index (χ1v) is 7.45. The molecule has 0 radical (unpaired) electrons. The van der Waals surface area contributed by atoms with Crippen molar-refractivity contribution in [2.75, 3.05) is 20.1 Å². The lowest BCUT2D eigenvalue weighted by Gasteiger charge is -2.46. The summed E-state index contributed by atoms with van der Waals surface area (Å²) >= 11 is 0. The lowest BCUT2D eigenvalue weighted by molar-refractivity contribution is 0.0621. The quantitative estimate of drug-likeness (QED) is 0.882. The van der Waals surface area contributed by atoms with Crippen LogP contribution in [0.3, 0.4) is 0 Å². The van der Waals surface area contributed by atoms with Crippen molar-refractivity contribution in [2.24, 2.45) is 18.7 Å². The minimum absolute atomic E-state index is 0.211. The standard InChI is InChI=1S/C15H28N4/c1-13-5-4-7-15(11-13,12-16)19(3)9-6-14-17-8-10-18(14)2/h8,10,13H,4-7,9,11-12,16H2,1-3H3. The maximum absolute atomic E-state index is 6.12. The van der Waals surface area contributed by atoms with Crippen LogP contribution in [-0.2, 0) is 13.5 Å². The maximum atomic E-state index is 6.12. The van der Waals surface area contributed by atoms with Crippen LogP contribution in [-0.4, -0.2) is 40.1 Å². The average molecular weight is 264 g/mol. The normalized spacial score (nSPS) is 27.9. The Bertz CT molecular complexity index is 401. The number of aromatic nitrogens is 2. The Morgan fingerprint density at radius 2 is 2.37 bits per heavy atom. The first kappa shape index (κ1) is 14.5. The monoisotopic (exact) mass is 264 g/mol. The third-order valence-corrected chi connectivity index (χ3v) is 4.85. The van der Waals surface area contributed by atoms with Crippen molar-refractivity contribution >= 4 is 0 Å². The molecule has 4 heteroatoms. The van der Waals surface area contributed by atoms with Crippen LogP contribution in [0, 0.1) is 5.92 Å². The zero-order chi connectivity index (χ0) is 13.9. The summed E-state index contributed by atoms with van der Waals surface area (Å²) in [6.07, 6.45) is 10.0. The average Bonchev–Trinajstić information content (AvgIpc) is 2.81. The van der Waals surface area contributed by atoms with Crippen LogP contribution in [0.5, 0.6) is 0 Å². The van der Waals surface area contributed by atoms with E-state index in [-0.39, 0.29) is 5.54 Å². The molecule has 1 saturated carbocycles. The van der Waals surface area contributed by atoms with E-state index in [0.29, 0.717) is 0 Å². The van der Waals surface area contributed by atoms with Crippen LogP contribution in [0.1, 0.15) is 38.4 Å². The van der Waals surface area contributed by atoms with Gasteiger partial charge < -0.3 is 10.3 Å². The molecule has 0 aromatic carbocycles. The Morgan fingerprint density at radius 3 is 2.95 bits per heavy atom. The van der Waals surface area contributed by atoms with Crippen LogP contribution in [0.2, 0.25) is 0 Å². The van der Waals surface area contributed by atoms with E-state index < -0.39 is 0 Å². The molecule has 0 bridgehead atoms. The van der Waals surface area contributed by atoms with Crippen LogP contribution in [0.15, 0.2) is 12.4 Å². The van der Waals surface area contributed by atoms with Crippen molar-refractivity contribution in [3.8, 4) is 0 Å². The molecular formula is C15H28N4. The lowest BCUT2D eigenvalue weighted by atomic mass is 9.75. The Labute approximate surface area is 117 Å². The molecule has 4 nitrogen and oxygen atoms in total. The number of aryl methyl sites for hydroxylation is 1. The molecule has 1 heterocycles. The third kappa shape index (κ3) is 3.18. The Hall–Kier alpha value is -0.870. The van der Waals surface area contributed by atoms with E-state index in [2.05, 4.69) is 35.5 Å². The molecule has 1 aromatic heterocycles. The van der Waals surface area contributed by atoms with Gasteiger partial charge in [0.2, 0.25) is 0 Å². The van der Waals surface area contributed by atoms with E-state index in [1.807, 2.05) is 12.4 Å². The molecule has 2 rings (SSSR count). The van der Waals surface area contributed by atoms with Gasteiger partial charge in [-0.25, -0.2) is 4.98 Å². The molecule has 1 aromatic rings. The van der Waals surface area contributed by atoms with Gasteiger partial charge >= 0.3 is 0 Å². The molecule has 0 aliphatic heterocycles. The molecule has 1 aliphatic carbocycles. The smallest absolute Gasteiger partial charge is 0.109 e. The maximum Gasteiger partial charge on any atom is 0.109 e. The molecule has 19 heavy (non-hydrogen) atoms. The first-order chi connectivity index (χ1) is 9.07. The molecule has 2 N–H and O–H groups in total. The Morgan fingerprint density at radius 1 is 1.58 bits per heavy atom. The summed E-state index contributed by atoms with van der Waals surface area (Å²) in [5, 5.41) is 0. The van der Waals surface area contributed by atoms with Crippen molar-refractivity contribution in [1.82, 2.24) is 14.5 Å². The predicted molar refractivity (Wildman–Crippen MR) is 79.0 cm³/mol. The fourth-order valence-corrected chi connectivity index (χ4v) is 3.46. The zero-order valence-corrected chi connectivity index (χ0v) is 12.6. The molecule has 0 amide bonds. The topological polar surface area (TPSA) is 47.1 Å². The van der Waals surface area contributed by atoms with E-state index in [1.165, 1.54) is 25.7 Å². The summed E-state index contributed by atoms with van der Waals surface area (Å²) in [6.45, 7) is 4.17. The van der Waals surface area contributed by atoms with Gasteiger partial charge in [0, 0.05) is 44.5 Å². The number of hydrogen-bond donors (Lipinski definition) is 1. The third-order valence-electron chi connectivity index (χ3n) is 4.85. The molecule has 0 spiro atoms. The van der Waals surface area contributed by atoms with Gasteiger partial charge in [-0.15, -0.1) is 0 Å². The van der Waals surface area contributed by atoms with E-state index >= 15 is 0 Å². The van der Waals surface area contributed by atoms with Gasteiger partial charge in [0.1, 0.15) is 5.82 Å². The first-order valence-electron chi connectivity index (χ1n) is 7.45. The highest BCUT2D eigenvalue weighted by molar-refractivity contribution is 4.97. The SMILES string of the molecule is CC1CCCC(CN)(N(C)CCc2nccn2C)C1. The second-order valence-electron chi connectivity index (χ2n) is 6.26. The van der Waals surface area contributed by atoms with Crippen molar-refractivity contribution in [1.29, 1.82) is 0 Å². The van der Waals surface area contributed by atoms with Crippen molar-refractivity contribution in [3.63, 3.8) is 0 Å². The summed E-state index contributed by atoms with van der Waals surface area (Å²) in [5.41, 5.74) is 6.33. The highest BCUT2D eigenvalue weighted by Gasteiger charge is 2.37. The van der Waals surface area contributed by atoms with Gasteiger partial charge in [-0.1, -0.05) is 19.8 Å². The minimum Gasteiger partial charge on any atom is -0.338 e. The number of nitrogens with two attached hydrogens (primary N) is 1. The van der Waals surface area contributed by atoms with Crippen LogP contribution in [0.4, 0.5) is 0 Å². The fraction of sp³-hybridized carbons (Fsp3) is 0.800. The predicted octanol–water partition coefficient (Wildman–Crippen LogP) is 1.80. The highest BCUT2D eigenvalue weighted by atomic mass is 15.2. The van der Waals surface area contributed by atoms with Gasteiger partial charge in [0.15, 0.2) is 0 Å². The molecule has 1 fully saturated rings. The Balaban J connectivity index is 1.97. The summed E-state index contributed by atoms with van der Waals surface area (Å²) in [6, 6.07) is 0. The van der Waals surface area contributed by atoms with E-state index in [1.54, 1.807) is 0 Å². The molecule has 1 aliphatic rings. The van der Waals surface area contributed by atoms with Crippen molar-refractivity contribution < 1.29 is 0 Å². The van der Waals surface area contributed by atoms with Crippen LogP contribution < -0.4 is 5.73 Å². The minimum atomic E-state index is 0.211. The number of imidazole rings is 1. The van der Waals surface area contributed by atoms with Crippen molar-refractivity contribution in [3.05, 3.63) is 18.2 Å². The molecule has 2 unspecified atom stereocenters. The van der Waals surface area contributed by atoms with Gasteiger partial charge in [0.25, 0.3) is 0 Å². The lowest BCUT2D eigenvalue weighted by Crippen LogP contribution is -2.55. The molecular weight excluding hydrogens is 236 g/mol. The Kier molecular flexibility index (Phi) is 4.63. The van der Waals surface area contributed by atoms with Crippen LogP contribution in [0.25, 0.3) is 0 Å². The zero-order valence-electron chi connectivity index (χ0n) is 12.6. The van der Waals surface area contributed by atoms with E-state index in [4.69, 9.17) is 5.73 Å². The second-order valence-corrected chi connectivity index (χ2v) is 6.26. The number of likely N-dealkylation sites (N-methyl/N-ethyl adjacent to an activating group) is 1. The molecule has 0 saturated heterocycles.